The van der Waals surface area contributed by atoms with Crippen LogP contribution < -0.4 is 9.62 Å². The molecule has 1 heterocycles. The second kappa shape index (κ2) is 7.90. The van der Waals surface area contributed by atoms with Crippen LogP contribution in [0.5, 0.6) is 0 Å². The van der Waals surface area contributed by atoms with Gasteiger partial charge in [-0.15, -0.1) is 0 Å². The predicted octanol–water partition coefficient (Wildman–Crippen LogP) is 0.621. The fourth-order valence-electron chi connectivity index (χ4n) is 2.92. The fraction of sp³-hybridized carbons (Fsp3) is 0.333. The molecule has 0 unspecified atom stereocenters. The molecule has 1 aliphatic rings. The van der Waals surface area contributed by atoms with E-state index in [1.54, 1.807) is 24.3 Å². The number of hydrogen-bond donors (Lipinski definition) is 2. The van der Waals surface area contributed by atoms with E-state index in [9.17, 15) is 8.42 Å². The summed E-state index contributed by atoms with van der Waals surface area (Å²) in [6.07, 6.45) is 0. The van der Waals surface area contributed by atoms with Crippen LogP contribution in [0, 0.1) is 0 Å². The molecule has 0 bridgehead atoms. The first-order valence-electron chi connectivity index (χ1n) is 8.19. The summed E-state index contributed by atoms with van der Waals surface area (Å²) < 4.78 is 33.7. The van der Waals surface area contributed by atoms with Gasteiger partial charge in [0.1, 0.15) is 13.1 Å². The third-order valence-corrected chi connectivity index (χ3v) is 5.73. The lowest BCUT2D eigenvalue weighted by Crippen LogP contribution is -3.14. The minimum Gasteiger partial charge on any atom is -0.370 e. The van der Waals surface area contributed by atoms with Crippen molar-refractivity contribution in [3.8, 4) is 0 Å². The molecule has 0 radical (unpaired) electrons. The van der Waals surface area contributed by atoms with Crippen molar-refractivity contribution in [3.63, 3.8) is 0 Å². The maximum atomic E-state index is 12.7. The fourth-order valence-corrected chi connectivity index (χ4v) is 4.17. The summed E-state index contributed by atoms with van der Waals surface area (Å²) in [5.74, 6) is 0. The van der Waals surface area contributed by atoms with Gasteiger partial charge in [-0.2, -0.15) is 4.72 Å². The van der Waals surface area contributed by atoms with E-state index in [4.69, 9.17) is 4.74 Å². The second-order valence-corrected chi connectivity index (χ2v) is 7.68. The molecule has 1 aliphatic heterocycles. The lowest BCUT2D eigenvalue weighted by molar-refractivity contribution is -0.909. The third-order valence-electron chi connectivity index (χ3n) is 4.25. The molecule has 1 atom stereocenters. The molecule has 0 spiro atoms. The Morgan fingerprint density at radius 2 is 1.54 bits per heavy atom. The molecule has 2 aromatic rings. The van der Waals surface area contributed by atoms with Crippen molar-refractivity contribution >= 4 is 10.0 Å². The van der Waals surface area contributed by atoms with Crippen molar-refractivity contribution in [2.75, 3.05) is 32.8 Å². The van der Waals surface area contributed by atoms with Crippen molar-refractivity contribution in [2.45, 2.75) is 10.9 Å². The average molecular weight is 347 g/mol. The van der Waals surface area contributed by atoms with Crippen LogP contribution in [0.3, 0.4) is 0 Å². The quantitative estimate of drug-likeness (QED) is 0.805. The Morgan fingerprint density at radius 1 is 0.958 bits per heavy atom. The molecule has 1 fully saturated rings. The molecule has 24 heavy (non-hydrogen) atoms. The second-order valence-electron chi connectivity index (χ2n) is 5.96. The molecule has 0 amide bonds. The third kappa shape index (κ3) is 4.42. The van der Waals surface area contributed by atoms with Crippen LogP contribution in [-0.4, -0.2) is 41.3 Å². The van der Waals surface area contributed by atoms with Gasteiger partial charge in [0, 0.05) is 0 Å². The van der Waals surface area contributed by atoms with Gasteiger partial charge in [-0.3, -0.25) is 0 Å². The van der Waals surface area contributed by atoms with E-state index in [0.29, 0.717) is 11.4 Å². The van der Waals surface area contributed by atoms with E-state index >= 15 is 0 Å². The molecule has 6 heteroatoms. The van der Waals surface area contributed by atoms with Crippen LogP contribution in [0.4, 0.5) is 0 Å². The van der Waals surface area contributed by atoms with Crippen molar-refractivity contribution in [1.29, 1.82) is 0 Å². The van der Waals surface area contributed by atoms with Crippen molar-refractivity contribution in [1.82, 2.24) is 4.72 Å². The van der Waals surface area contributed by atoms with Gasteiger partial charge in [0.15, 0.2) is 0 Å². The van der Waals surface area contributed by atoms with Gasteiger partial charge >= 0.3 is 0 Å². The number of benzene rings is 2. The monoisotopic (exact) mass is 347 g/mol. The van der Waals surface area contributed by atoms with Gasteiger partial charge in [0.25, 0.3) is 0 Å². The van der Waals surface area contributed by atoms with Gasteiger partial charge in [0.05, 0.1) is 30.7 Å². The standard InChI is InChI=1S/C18H22N2O3S/c21-24(22,17-9-5-2-6-10-17)19-18(16-7-3-1-4-8-16)15-20-11-13-23-14-12-20/h1-10,18-19H,11-15H2/p+1/t18-/m1/s1. The largest absolute Gasteiger partial charge is 0.370 e. The summed E-state index contributed by atoms with van der Waals surface area (Å²) >= 11 is 0. The highest BCUT2D eigenvalue weighted by Crippen LogP contribution is 2.16. The summed E-state index contributed by atoms with van der Waals surface area (Å²) in [4.78, 5) is 1.65. The Labute approximate surface area is 143 Å². The lowest BCUT2D eigenvalue weighted by atomic mass is 10.1. The molecule has 0 saturated carbocycles. The molecular weight excluding hydrogens is 324 g/mol. The van der Waals surface area contributed by atoms with Crippen LogP contribution in [0.1, 0.15) is 11.6 Å². The smallest absolute Gasteiger partial charge is 0.241 e. The van der Waals surface area contributed by atoms with Gasteiger partial charge < -0.3 is 9.64 Å². The van der Waals surface area contributed by atoms with Crippen LogP contribution in [0.25, 0.3) is 0 Å². The highest BCUT2D eigenvalue weighted by Gasteiger charge is 2.26. The van der Waals surface area contributed by atoms with Crippen LogP contribution in [-0.2, 0) is 14.8 Å². The average Bonchev–Trinajstić information content (AvgIpc) is 2.63. The minimum absolute atomic E-state index is 0.260. The topological polar surface area (TPSA) is 59.8 Å². The number of sulfonamides is 1. The van der Waals surface area contributed by atoms with Gasteiger partial charge in [-0.25, -0.2) is 8.42 Å². The SMILES string of the molecule is O=S(=O)(N[C@H](C[NH+]1CCOCC1)c1ccccc1)c1ccccc1. The maximum absolute atomic E-state index is 12.7. The van der Waals surface area contributed by atoms with Crippen LogP contribution in [0.2, 0.25) is 0 Å². The minimum atomic E-state index is -3.55. The first kappa shape index (κ1) is 17.1. The molecule has 5 nitrogen and oxygen atoms in total. The van der Waals surface area contributed by atoms with E-state index in [1.165, 1.54) is 4.90 Å². The first-order chi connectivity index (χ1) is 11.6. The first-order valence-corrected chi connectivity index (χ1v) is 9.67. The van der Waals surface area contributed by atoms with E-state index in [1.807, 2.05) is 36.4 Å². The summed E-state index contributed by atoms with van der Waals surface area (Å²) in [7, 11) is -3.55. The van der Waals surface area contributed by atoms with Gasteiger partial charge in [-0.05, 0) is 17.7 Å². The number of rotatable bonds is 6. The van der Waals surface area contributed by atoms with Crippen LogP contribution in [0.15, 0.2) is 65.6 Å². The molecular formula is C18H23N2O3S+. The van der Waals surface area contributed by atoms with E-state index < -0.39 is 10.0 Å². The zero-order valence-electron chi connectivity index (χ0n) is 13.5. The number of morpholine rings is 1. The van der Waals surface area contributed by atoms with Crippen molar-refractivity contribution in [2.24, 2.45) is 0 Å². The Hall–Kier alpha value is -1.73. The summed E-state index contributed by atoms with van der Waals surface area (Å²) in [6.45, 7) is 3.96. The van der Waals surface area contributed by atoms with Crippen LogP contribution >= 0.6 is 0 Å². The molecule has 1 saturated heterocycles. The summed E-state index contributed by atoms with van der Waals surface area (Å²) in [5.41, 5.74) is 0.982. The number of nitrogens with one attached hydrogen (secondary N) is 2. The maximum Gasteiger partial charge on any atom is 0.241 e. The Kier molecular flexibility index (Phi) is 5.63. The van der Waals surface area contributed by atoms with Gasteiger partial charge in [0.2, 0.25) is 10.0 Å². The van der Waals surface area contributed by atoms with E-state index in [0.717, 1.165) is 31.9 Å². The lowest BCUT2D eigenvalue weighted by Gasteiger charge is -2.28. The number of ether oxygens (including phenoxy) is 1. The summed E-state index contributed by atoms with van der Waals surface area (Å²) in [6, 6.07) is 18.0. The molecule has 3 rings (SSSR count). The number of hydrogen-bond acceptors (Lipinski definition) is 3. The number of quaternary nitrogens is 1. The molecule has 0 aromatic heterocycles. The Bertz CT molecular complexity index is 729. The molecule has 128 valence electrons. The highest BCUT2D eigenvalue weighted by atomic mass is 32.2. The van der Waals surface area contributed by atoms with Gasteiger partial charge in [-0.1, -0.05) is 48.5 Å². The van der Waals surface area contributed by atoms with E-state index in [2.05, 4.69) is 4.72 Å². The Morgan fingerprint density at radius 3 is 2.17 bits per heavy atom. The molecule has 0 aliphatic carbocycles. The zero-order chi connectivity index (χ0) is 16.8. The zero-order valence-corrected chi connectivity index (χ0v) is 14.3. The van der Waals surface area contributed by atoms with Crippen molar-refractivity contribution in [3.05, 3.63) is 66.2 Å². The Balaban J connectivity index is 1.82. The molecule has 2 N–H and O–H groups in total. The molecule has 2 aromatic carbocycles. The highest BCUT2D eigenvalue weighted by molar-refractivity contribution is 7.89. The normalized spacial score (nSPS) is 17.5. The van der Waals surface area contributed by atoms with Crippen molar-refractivity contribution < 1.29 is 18.1 Å². The summed E-state index contributed by atoms with van der Waals surface area (Å²) in [5, 5.41) is 0. The van der Waals surface area contributed by atoms with E-state index in [-0.39, 0.29) is 6.04 Å². The predicted molar refractivity (Wildman–Crippen MR) is 92.3 cm³/mol.